The van der Waals surface area contributed by atoms with Crippen molar-refractivity contribution in [1.82, 2.24) is 10.1 Å². The Labute approximate surface area is 110 Å². The van der Waals surface area contributed by atoms with Crippen molar-refractivity contribution in [2.75, 3.05) is 7.11 Å². The number of methoxy groups -OCH3 is 1. The lowest BCUT2D eigenvalue weighted by molar-refractivity contribution is 0.0556. The molecule has 19 heavy (non-hydrogen) atoms. The summed E-state index contributed by atoms with van der Waals surface area (Å²) in [6.07, 6.45) is -0.308. The van der Waals surface area contributed by atoms with Gasteiger partial charge in [-0.2, -0.15) is 4.98 Å². The highest BCUT2D eigenvalue weighted by Crippen LogP contribution is 2.28. The minimum absolute atomic E-state index is 0.0650. The van der Waals surface area contributed by atoms with Crippen molar-refractivity contribution in [3.05, 3.63) is 29.8 Å². The summed E-state index contributed by atoms with van der Waals surface area (Å²) in [5.41, 5.74) is 0.148. The molecule has 6 heteroatoms. The highest BCUT2D eigenvalue weighted by atomic mass is 19.1. The lowest BCUT2D eigenvalue weighted by atomic mass is 10.1. The molecule has 0 aliphatic heterocycles. The maximum atomic E-state index is 13.7. The molecule has 1 aromatic carbocycles. The lowest BCUT2D eigenvalue weighted by Crippen LogP contribution is -2.10. The second kappa shape index (κ2) is 5.36. The molecule has 2 rings (SSSR count). The van der Waals surface area contributed by atoms with E-state index in [4.69, 9.17) is 14.4 Å². The van der Waals surface area contributed by atoms with E-state index in [-0.39, 0.29) is 29.2 Å². The van der Waals surface area contributed by atoms with Gasteiger partial charge in [0.2, 0.25) is 5.82 Å². The van der Waals surface area contributed by atoms with Gasteiger partial charge in [-0.3, -0.25) is 0 Å². The molecule has 102 valence electrons. The summed E-state index contributed by atoms with van der Waals surface area (Å²) in [6.45, 7) is 3.93. The number of nitrogens with zero attached hydrogens (tertiary/aromatic N) is 2. The average molecular weight is 266 g/mol. The van der Waals surface area contributed by atoms with Gasteiger partial charge in [0.05, 0.1) is 5.56 Å². The second-order valence-electron chi connectivity index (χ2n) is 4.52. The summed E-state index contributed by atoms with van der Waals surface area (Å²) < 4.78 is 24.0. The van der Waals surface area contributed by atoms with Gasteiger partial charge < -0.3 is 14.4 Å². The van der Waals surface area contributed by atoms with Gasteiger partial charge in [0.25, 0.3) is 5.89 Å². The first-order valence-corrected chi connectivity index (χ1v) is 5.88. The number of rotatable bonds is 4. The Hall–Kier alpha value is -1.95. The third kappa shape index (κ3) is 2.73. The monoisotopic (exact) mass is 266 g/mol. The van der Waals surface area contributed by atoms with E-state index in [9.17, 15) is 4.39 Å². The van der Waals surface area contributed by atoms with Crippen molar-refractivity contribution >= 4 is 0 Å². The molecule has 0 saturated heterocycles. The Kier molecular flexibility index (Phi) is 3.80. The first-order valence-electron chi connectivity index (χ1n) is 5.88. The number of aromatic nitrogens is 2. The van der Waals surface area contributed by atoms with Gasteiger partial charge in [0.15, 0.2) is 0 Å². The number of benzene rings is 1. The average Bonchev–Trinajstić information content (AvgIpc) is 2.78. The number of hydrogen-bond acceptors (Lipinski definition) is 5. The number of hydrogen-bond donors (Lipinski definition) is 1. The van der Waals surface area contributed by atoms with Crippen molar-refractivity contribution in [2.45, 2.75) is 20.0 Å². The van der Waals surface area contributed by atoms with E-state index < -0.39 is 5.82 Å². The summed E-state index contributed by atoms with van der Waals surface area (Å²) in [5, 5.41) is 13.0. The third-order valence-electron chi connectivity index (χ3n) is 2.74. The number of phenolic OH excluding ortho intramolecular Hbond substituents is 1. The van der Waals surface area contributed by atoms with Gasteiger partial charge in [0.1, 0.15) is 17.7 Å². The molecular formula is C13H15FN2O3. The van der Waals surface area contributed by atoms with Crippen LogP contribution in [0.15, 0.2) is 22.7 Å². The van der Waals surface area contributed by atoms with Crippen LogP contribution in [0.2, 0.25) is 0 Å². The Morgan fingerprint density at radius 2 is 2.11 bits per heavy atom. The van der Waals surface area contributed by atoms with E-state index >= 15 is 0 Å². The number of phenols is 1. The van der Waals surface area contributed by atoms with E-state index in [1.807, 2.05) is 13.8 Å². The molecule has 1 heterocycles. The zero-order valence-electron chi connectivity index (χ0n) is 10.9. The van der Waals surface area contributed by atoms with Crippen LogP contribution in [0.5, 0.6) is 5.75 Å². The van der Waals surface area contributed by atoms with Crippen LogP contribution in [0.4, 0.5) is 4.39 Å². The molecule has 0 saturated carbocycles. The highest BCUT2D eigenvalue weighted by molar-refractivity contribution is 5.55. The SMILES string of the molecule is COC(c1noc(-c2ccc(O)cc2F)n1)C(C)C. The van der Waals surface area contributed by atoms with Gasteiger partial charge >= 0.3 is 0 Å². The van der Waals surface area contributed by atoms with E-state index in [1.165, 1.54) is 12.1 Å². The van der Waals surface area contributed by atoms with Crippen LogP contribution in [-0.4, -0.2) is 22.4 Å². The van der Waals surface area contributed by atoms with E-state index in [0.717, 1.165) is 6.07 Å². The third-order valence-corrected chi connectivity index (χ3v) is 2.74. The second-order valence-corrected chi connectivity index (χ2v) is 4.52. The van der Waals surface area contributed by atoms with Crippen LogP contribution in [0.1, 0.15) is 25.8 Å². The maximum absolute atomic E-state index is 13.7. The fourth-order valence-electron chi connectivity index (χ4n) is 1.81. The summed E-state index contributed by atoms with van der Waals surface area (Å²) in [5.74, 6) is -0.165. The largest absolute Gasteiger partial charge is 0.508 e. The summed E-state index contributed by atoms with van der Waals surface area (Å²) in [6, 6.07) is 3.74. The molecule has 0 spiro atoms. The number of aromatic hydroxyl groups is 1. The maximum Gasteiger partial charge on any atom is 0.260 e. The van der Waals surface area contributed by atoms with E-state index in [1.54, 1.807) is 7.11 Å². The van der Waals surface area contributed by atoms with E-state index in [0.29, 0.717) is 5.82 Å². The van der Waals surface area contributed by atoms with Gasteiger partial charge in [-0.25, -0.2) is 4.39 Å². The molecule has 1 unspecified atom stereocenters. The number of halogens is 1. The zero-order valence-corrected chi connectivity index (χ0v) is 10.9. The zero-order chi connectivity index (χ0) is 14.0. The standard InChI is InChI=1S/C13H15FN2O3/c1-7(2)11(18-3)12-15-13(19-16-12)9-5-4-8(17)6-10(9)14/h4-7,11,17H,1-3H3. The molecule has 0 amide bonds. The van der Waals surface area contributed by atoms with Gasteiger partial charge in [-0.1, -0.05) is 19.0 Å². The number of ether oxygens (including phenoxy) is 1. The van der Waals surface area contributed by atoms with Crippen LogP contribution in [0, 0.1) is 11.7 Å². The van der Waals surface area contributed by atoms with Crippen molar-refractivity contribution in [3.8, 4) is 17.2 Å². The molecular weight excluding hydrogens is 251 g/mol. The van der Waals surface area contributed by atoms with E-state index in [2.05, 4.69) is 10.1 Å². The predicted molar refractivity (Wildman–Crippen MR) is 65.9 cm³/mol. The molecule has 0 aliphatic rings. The van der Waals surface area contributed by atoms with Crippen LogP contribution < -0.4 is 0 Å². The Balaban J connectivity index is 2.35. The van der Waals surface area contributed by atoms with Gasteiger partial charge in [-0.05, 0) is 18.1 Å². The van der Waals surface area contributed by atoms with Gasteiger partial charge in [0, 0.05) is 13.2 Å². The molecule has 5 nitrogen and oxygen atoms in total. The van der Waals surface area contributed by atoms with Crippen LogP contribution >= 0.6 is 0 Å². The molecule has 1 N–H and O–H groups in total. The summed E-state index contributed by atoms with van der Waals surface area (Å²) in [4.78, 5) is 4.14. The Bertz CT molecular complexity index is 569. The van der Waals surface area contributed by atoms with Crippen molar-refractivity contribution in [2.24, 2.45) is 5.92 Å². The fraction of sp³-hybridized carbons (Fsp3) is 0.385. The quantitative estimate of drug-likeness (QED) is 0.921. The highest BCUT2D eigenvalue weighted by Gasteiger charge is 2.22. The van der Waals surface area contributed by atoms with Crippen molar-refractivity contribution in [1.29, 1.82) is 0 Å². The minimum Gasteiger partial charge on any atom is -0.508 e. The van der Waals surface area contributed by atoms with Crippen molar-refractivity contribution < 1.29 is 18.8 Å². The molecule has 0 bridgehead atoms. The molecule has 1 aromatic heterocycles. The molecule has 2 aromatic rings. The first kappa shape index (κ1) is 13.5. The Morgan fingerprint density at radius 1 is 1.37 bits per heavy atom. The Morgan fingerprint density at radius 3 is 2.68 bits per heavy atom. The smallest absolute Gasteiger partial charge is 0.260 e. The molecule has 1 atom stereocenters. The lowest BCUT2D eigenvalue weighted by Gasteiger charge is -2.14. The minimum atomic E-state index is -0.617. The normalized spacial score (nSPS) is 12.9. The van der Waals surface area contributed by atoms with Crippen LogP contribution in [0.3, 0.4) is 0 Å². The molecule has 0 radical (unpaired) electrons. The summed E-state index contributed by atoms with van der Waals surface area (Å²) in [7, 11) is 1.56. The molecule has 0 aliphatic carbocycles. The predicted octanol–water partition coefficient (Wildman–Crippen LogP) is 2.92. The van der Waals surface area contributed by atoms with Crippen LogP contribution in [0.25, 0.3) is 11.5 Å². The molecule has 0 fully saturated rings. The fourth-order valence-corrected chi connectivity index (χ4v) is 1.81. The topological polar surface area (TPSA) is 68.4 Å². The first-order chi connectivity index (χ1) is 9.02. The van der Waals surface area contributed by atoms with Gasteiger partial charge in [-0.15, -0.1) is 0 Å². The van der Waals surface area contributed by atoms with Crippen molar-refractivity contribution in [3.63, 3.8) is 0 Å². The summed E-state index contributed by atoms with van der Waals surface area (Å²) >= 11 is 0. The van der Waals surface area contributed by atoms with Crippen LogP contribution in [-0.2, 0) is 4.74 Å².